The summed E-state index contributed by atoms with van der Waals surface area (Å²) < 4.78 is 5.43. The summed E-state index contributed by atoms with van der Waals surface area (Å²) in [7, 11) is 0. The summed E-state index contributed by atoms with van der Waals surface area (Å²) in [6.45, 7) is 2.85. The summed E-state index contributed by atoms with van der Waals surface area (Å²) >= 11 is 7.42. The van der Waals surface area contributed by atoms with Gasteiger partial charge >= 0.3 is 0 Å². The smallest absolute Gasteiger partial charge is 0.264 e. The SMILES string of the molecule is Cc1ccc(C(=O)N2CCc3noc(-c4cc(Cl)c(O)cc4O)c3C2)s1. The molecule has 0 unspecified atom stereocenters. The van der Waals surface area contributed by atoms with Crippen molar-refractivity contribution in [2.24, 2.45) is 0 Å². The van der Waals surface area contributed by atoms with Gasteiger partial charge in [-0.25, -0.2) is 0 Å². The minimum absolute atomic E-state index is 0.0335. The van der Waals surface area contributed by atoms with Crippen molar-refractivity contribution in [1.29, 1.82) is 0 Å². The number of hydrogen-bond acceptors (Lipinski definition) is 6. The average molecular weight is 391 g/mol. The molecule has 1 aromatic carbocycles. The van der Waals surface area contributed by atoms with Gasteiger partial charge < -0.3 is 19.6 Å². The Labute approximate surface area is 158 Å². The summed E-state index contributed by atoms with van der Waals surface area (Å²) in [5.74, 6) is -0.0533. The second-order valence-electron chi connectivity index (χ2n) is 6.14. The van der Waals surface area contributed by atoms with Crippen LogP contribution in [-0.2, 0) is 13.0 Å². The largest absolute Gasteiger partial charge is 0.507 e. The van der Waals surface area contributed by atoms with Crippen LogP contribution in [0.4, 0.5) is 0 Å². The van der Waals surface area contributed by atoms with Crippen LogP contribution >= 0.6 is 22.9 Å². The molecule has 0 spiro atoms. The first-order valence-corrected chi connectivity index (χ1v) is 9.18. The molecule has 4 rings (SSSR count). The summed E-state index contributed by atoms with van der Waals surface area (Å²) in [6, 6.07) is 6.34. The molecule has 0 bridgehead atoms. The molecule has 134 valence electrons. The van der Waals surface area contributed by atoms with Gasteiger partial charge in [0.1, 0.15) is 11.5 Å². The lowest BCUT2D eigenvalue weighted by Crippen LogP contribution is -2.35. The average Bonchev–Trinajstić information content (AvgIpc) is 3.23. The van der Waals surface area contributed by atoms with E-state index in [0.29, 0.717) is 35.7 Å². The Morgan fingerprint density at radius 3 is 2.85 bits per heavy atom. The lowest BCUT2D eigenvalue weighted by atomic mass is 10.0. The summed E-state index contributed by atoms with van der Waals surface area (Å²) in [5, 5.41) is 23.9. The van der Waals surface area contributed by atoms with Crippen molar-refractivity contribution < 1.29 is 19.5 Å². The maximum Gasteiger partial charge on any atom is 0.264 e. The molecule has 0 saturated heterocycles. The molecule has 6 nitrogen and oxygen atoms in total. The standard InChI is InChI=1S/C18H15ClN2O4S/c1-9-2-3-16(26-9)18(24)21-5-4-13-11(8-21)17(25-20-13)10-6-12(19)15(23)7-14(10)22/h2-3,6-7,22-23H,4-5,8H2,1H3. The van der Waals surface area contributed by atoms with Crippen LogP contribution in [0.2, 0.25) is 5.02 Å². The lowest BCUT2D eigenvalue weighted by molar-refractivity contribution is 0.0739. The number of nitrogens with zero attached hydrogens (tertiary/aromatic N) is 2. The predicted octanol–water partition coefficient (Wildman–Crippen LogP) is 3.97. The number of aryl methyl sites for hydroxylation is 1. The van der Waals surface area contributed by atoms with Gasteiger partial charge in [0.25, 0.3) is 5.91 Å². The van der Waals surface area contributed by atoms with Gasteiger partial charge in [-0.05, 0) is 25.1 Å². The minimum Gasteiger partial charge on any atom is -0.507 e. The monoisotopic (exact) mass is 390 g/mol. The summed E-state index contributed by atoms with van der Waals surface area (Å²) in [5.41, 5.74) is 1.84. The predicted molar refractivity (Wildman–Crippen MR) is 97.8 cm³/mol. The van der Waals surface area contributed by atoms with Crippen LogP contribution < -0.4 is 0 Å². The zero-order valence-electron chi connectivity index (χ0n) is 13.8. The van der Waals surface area contributed by atoms with E-state index in [2.05, 4.69) is 5.16 Å². The van der Waals surface area contributed by atoms with Gasteiger partial charge in [-0.1, -0.05) is 16.8 Å². The number of aromatic nitrogens is 1. The molecule has 0 radical (unpaired) electrons. The molecule has 1 amide bonds. The first kappa shape index (κ1) is 16.9. The number of hydrogen-bond donors (Lipinski definition) is 2. The number of aromatic hydroxyl groups is 2. The van der Waals surface area contributed by atoms with E-state index in [1.165, 1.54) is 17.4 Å². The summed E-state index contributed by atoms with van der Waals surface area (Å²) in [4.78, 5) is 16.3. The first-order chi connectivity index (χ1) is 12.4. The van der Waals surface area contributed by atoms with Gasteiger partial charge in [-0.3, -0.25) is 4.79 Å². The molecule has 2 N–H and O–H groups in total. The van der Waals surface area contributed by atoms with Crippen molar-refractivity contribution in [3.8, 4) is 22.8 Å². The molecule has 26 heavy (non-hydrogen) atoms. The molecule has 0 aliphatic carbocycles. The molecular formula is C18H15ClN2O4S. The van der Waals surface area contributed by atoms with Crippen molar-refractivity contribution in [3.05, 3.63) is 50.3 Å². The van der Waals surface area contributed by atoms with Crippen molar-refractivity contribution in [2.75, 3.05) is 6.54 Å². The fraction of sp³-hybridized carbons (Fsp3) is 0.222. The third-order valence-electron chi connectivity index (χ3n) is 4.39. The Kier molecular flexibility index (Phi) is 4.13. The molecule has 8 heteroatoms. The Hall–Kier alpha value is -2.51. The van der Waals surface area contributed by atoms with E-state index in [1.54, 1.807) is 4.90 Å². The van der Waals surface area contributed by atoms with E-state index in [4.69, 9.17) is 16.1 Å². The van der Waals surface area contributed by atoms with Gasteiger partial charge in [0.15, 0.2) is 5.76 Å². The van der Waals surface area contributed by atoms with E-state index in [1.807, 2.05) is 19.1 Å². The van der Waals surface area contributed by atoms with Gasteiger partial charge in [0.2, 0.25) is 0 Å². The van der Waals surface area contributed by atoms with E-state index >= 15 is 0 Å². The Morgan fingerprint density at radius 2 is 2.12 bits per heavy atom. The van der Waals surface area contributed by atoms with Crippen LogP contribution in [0.1, 0.15) is 25.8 Å². The van der Waals surface area contributed by atoms with Crippen LogP contribution in [0.25, 0.3) is 11.3 Å². The third kappa shape index (κ3) is 2.83. The molecule has 1 aliphatic rings. The number of rotatable bonds is 2. The van der Waals surface area contributed by atoms with E-state index in [0.717, 1.165) is 22.2 Å². The zero-order chi connectivity index (χ0) is 18.4. The van der Waals surface area contributed by atoms with Crippen LogP contribution in [0.3, 0.4) is 0 Å². The molecule has 0 atom stereocenters. The maximum atomic E-state index is 12.7. The quantitative estimate of drug-likeness (QED) is 0.691. The highest BCUT2D eigenvalue weighted by atomic mass is 35.5. The molecule has 3 aromatic rings. The minimum atomic E-state index is -0.217. The van der Waals surface area contributed by atoms with Crippen LogP contribution in [-0.4, -0.2) is 32.7 Å². The van der Waals surface area contributed by atoms with Crippen molar-refractivity contribution in [3.63, 3.8) is 0 Å². The maximum absolute atomic E-state index is 12.7. The molecule has 0 fully saturated rings. The summed E-state index contributed by atoms with van der Waals surface area (Å²) in [6.07, 6.45) is 0.571. The number of carbonyl (C=O) groups excluding carboxylic acids is 1. The number of phenols is 2. The molecule has 0 saturated carbocycles. The number of amides is 1. The highest BCUT2D eigenvalue weighted by molar-refractivity contribution is 7.13. The number of halogens is 1. The van der Waals surface area contributed by atoms with E-state index < -0.39 is 0 Å². The number of thiophene rings is 1. The van der Waals surface area contributed by atoms with Gasteiger partial charge in [0, 0.05) is 29.5 Å². The van der Waals surface area contributed by atoms with Gasteiger partial charge in [0.05, 0.1) is 27.7 Å². The molecular weight excluding hydrogens is 376 g/mol. The van der Waals surface area contributed by atoms with Crippen molar-refractivity contribution >= 4 is 28.8 Å². The van der Waals surface area contributed by atoms with Gasteiger partial charge in [-0.2, -0.15) is 0 Å². The Morgan fingerprint density at radius 1 is 1.31 bits per heavy atom. The third-order valence-corrected chi connectivity index (χ3v) is 5.68. The van der Waals surface area contributed by atoms with Crippen LogP contribution in [0.5, 0.6) is 11.5 Å². The van der Waals surface area contributed by atoms with Crippen LogP contribution in [0, 0.1) is 6.92 Å². The Balaban J connectivity index is 1.69. The van der Waals surface area contributed by atoms with Crippen LogP contribution in [0.15, 0.2) is 28.8 Å². The first-order valence-electron chi connectivity index (χ1n) is 7.99. The lowest BCUT2D eigenvalue weighted by Gasteiger charge is -2.26. The molecule has 1 aliphatic heterocycles. The zero-order valence-corrected chi connectivity index (χ0v) is 15.4. The fourth-order valence-corrected chi connectivity index (χ4v) is 4.03. The van der Waals surface area contributed by atoms with Gasteiger partial charge in [-0.15, -0.1) is 11.3 Å². The highest BCUT2D eigenvalue weighted by Crippen LogP contribution is 2.40. The number of phenolic OH excluding ortho intramolecular Hbond substituents is 2. The second kappa shape index (κ2) is 6.34. The number of benzene rings is 1. The molecule has 3 heterocycles. The normalized spacial score (nSPS) is 13.7. The highest BCUT2D eigenvalue weighted by Gasteiger charge is 2.29. The van der Waals surface area contributed by atoms with Crippen molar-refractivity contribution in [2.45, 2.75) is 19.9 Å². The fourth-order valence-electron chi connectivity index (χ4n) is 3.04. The van der Waals surface area contributed by atoms with E-state index in [9.17, 15) is 15.0 Å². The number of carbonyl (C=O) groups is 1. The van der Waals surface area contributed by atoms with E-state index in [-0.39, 0.29) is 22.4 Å². The topological polar surface area (TPSA) is 86.8 Å². The van der Waals surface area contributed by atoms with Crippen molar-refractivity contribution in [1.82, 2.24) is 10.1 Å². The second-order valence-corrected chi connectivity index (χ2v) is 7.84. The number of fused-ring (bicyclic) bond motifs is 1. The molecule has 2 aromatic heterocycles. The Bertz CT molecular complexity index is 1010.